The smallest absolute Gasteiger partial charge is 0.245 e. The lowest BCUT2D eigenvalue weighted by Gasteiger charge is -2.27. The van der Waals surface area contributed by atoms with Crippen LogP contribution in [0.2, 0.25) is 0 Å². The van der Waals surface area contributed by atoms with Crippen LogP contribution in [0, 0.1) is 0 Å². The maximum Gasteiger partial charge on any atom is 0.245 e. The van der Waals surface area contributed by atoms with E-state index in [1.165, 1.54) is 19.1 Å². The molecule has 9 nitrogen and oxygen atoms in total. The quantitative estimate of drug-likeness (QED) is 0.192. The van der Waals surface area contributed by atoms with Crippen molar-refractivity contribution in [3.8, 4) is 0 Å². The average Bonchev–Trinajstić information content (AvgIpc) is 3.16. The van der Waals surface area contributed by atoms with Crippen LogP contribution in [0.25, 0.3) is 5.57 Å². The highest BCUT2D eigenvalue weighted by atomic mass is 16.2. The van der Waals surface area contributed by atoms with Gasteiger partial charge < -0.3 is 21.3 Å². The van der Waals surface area contributed by atoms with Gasteiger partial charge in [-0.25, -0.2) is 0 Å². The molecule has 2 aromatic rings. The van der Waals surface area contributed by atoms with E-state index in [1.807, 2.05) is 30.3 Å². The number of nitrogens with one attached hydrogen (secondary N) is 2. The lowest BCUT2D eigenvalue weighted by molar-refractivity contribution is -0.137. The highest BCUT2D eigenvalue weighted by Crippen LogP contribution is 2.20. The van der Waals surface area contributed by atoms with Crippen molar-refractivity contribution in [2.75, 3.05) is 13.1 Å². The zero-order valence-corrected chi connectivity index (χ0v) is 23.9. The molecule has 0 radical (unpaired) electrons. The number of rotatable bonds is 13. The number of amides is 3. The topological polar surface area (TPSA) is 139 Å². The van der Waals surface area contributed by atoms with Crippen molar-refractivity contribution in [1.82, 2.24) is 15.5 Å². The maximum atomic E-state index is 13.5. The molecular formula is C33H38N4O5. The van der Waals surface area contributed by atoms with Crippen molar-refractivity contribution in [2.45, 2.75) is 51.2 Å². The first-order valence-electron chi connectivity index (χ1n) is 13.9. The first-order valence-corrected chi connectivity index (χ1v) is 13.9. The molecule has 0 bridgehead atoms. The van der Waals surface area contributed by atoms with Crippen LogP contribution < -0.4 is 16.4 Å². The second kappa shape index (κ2) is 15.4. The minimum Gasteiger partial charge on any atom is -0.343 e. The third-order valence-electron chi connectivity index (χ3n) is 7.09. The van der Waals surface area contributed by atoms with Crippen molar-refractivity contribution in [2.24, 2.45) is 5.73 Å². The summed E-state index contributed by atoms with van der Waals surface area (Å²) in [5.74, 6) is -2.38. The molecule has 1 saturated heterocycles. The molecule has 42 heavy (non-hydrogen) atoms. The minimum absolute atomic E-state index is 0.107. The van der Waals surface area contributed by atoms with Gasteiger partial charge in [0.15, 0.2) is 5.78 Å². The molecule has 9 heteroatoms. The van der Waals surface area contributed by atoms with Gasteiger partial charge in [0.25, 0.3) is 0 Å². The van der Waals surface area contributed by atoms with Crippen LogP contribution in [0.5, 0.6) is 0 Å². The Morgan fingerprint density at radius 3 is 2.24 bits per heavy atom. The Bertz CT molecular complexity index is 1360. The predicted molar refractivity (Wildman–Crippen MR) is 162 cm³/mol. The van der Waals surface area contributed by atoms with E-state index in [0.29, 0.717) is 25.1 Å². The number of allylic oxidation sites excluding steroid dienone is 4. The van der Waals surface area contributed by atoms with Gasteiger partial charge in [0, 0.05) is 32.0 Å². The van der Waals surface area contributed by atoms with Gasteiger partial charge in [-0.05, 0) is 41.5 Å². The van der Waals surface area contributed by atoms with Gasteiger partial charge in [0.05, 0.1) is 6.54 Å². The molecular weight excluding hydrogens is 532 g/mol. The number of carbonyl (C=O) groups is 5. The lowest BCUT2D eigenvalue weighted by atomic mass is 10.0. The molecule has 3 amide bonds. The van der Waals surface area contributed by atoms with E-state index in [-0.39, 0.29) is 24.4 Å². The van der Waals surface area contributed by atoms with E-state index in [4.69, 9.17) is 5.73 Å². The molecule has 0 spiro atoms. The molecule has 3 rings (SSSR count). The van der Waals surface area contributed by atoms with Crippen LogP contribution >= 0.6 is 0 Å². The highest BCUT2D eigenvalue weighted by molar-refractivity contribution is 6.42. The number of carbonyl (C=O) groups excluding carboxylic acids is 5. The Balaban J connectivity index is 1.72. The largest absolute Gasteiger partial charge is 0.343 e. The maximum absolute atomic E-state index is 13.5. The summed E-state index contributed by atoms with van der Waals surface area (Å²) >= 11 is 0. The molecule has 1 aliphatic rings. The Kier molecular flexibility index (Phi) is 11.7. The molecule has 0 saturated carbocycles. The summed E-state index contributed by atoms with van der Waals surface area (Å²) in [5, 5.41) is 5.48. The fourth-order valence-electron chi connectivity index (χ4n) is 4.79. The first kappa shape index (κ1) is 31.9. The van der Waals surface area contributed by atoms with E-state index < -0.39 is 35.5 Å². The summed E-state index contributed by atoms with van der Waals surface area (Å²) in [6, 6.07) is 12.4. The number of nitrogens with zero attached hydrogens (tertiary/aromatic N) is 1. The summed E-state index contributed by atoms with van der Waals surface area (Å²) in [7, 11) is 0. The number of nitrogens with two attached hydrogens (primary N) is 1. The summed E-state index contributed by atoms with van der Waals surface area (Å²) in [6.45, 7) is 9.44. The highest BCUT2D eigenvalue weighted by Gasteiger charge is 2.31. The van der Waals surface area contributed by atoms with Crippen molar-refractivity contribution >= 4 is 34.9 Å². The first-order chi connectivity index (χ1) is 20.2. The average molecular weight is 571 g/mol. The molecule has 1 fully saturated rings. The van der Waals surface area contributed by atoms with E-state index >= 15 is 0 Å². The minimum atomic E-state index is -0.991. The van der Waals surface area contributed by atoms with Gasteiger partial charge in [-0.15, -0.1) is 0 Å². The number of benzene rings is 2. The third kappa shape index (κ3) is 8.68. The molecule has 1 aliphatic heterocycles. The molecule has 220 valence electrons. The molecule has 0 aliphatic carbocycles. The standard InChI is InChI=1S/C33H38N4O5/c1-4-8-25(5-2)26-14-12-24(13-15-26)21-37-18-7-6-9-28(33(37)42)36-32(41)29(35-30(39)20-34)19-23-10-16-27(17-11-23)31(40)22(3)38/h4-5,8,10-17,28-29H,1-2,6-7,9,18-21,34H2,3H3,(H,35,39)(H,36,41)/b25-8+. The predicted octanol–water partition coefficient (Wildman–Crippen LogP) is 2.90. The van der Waals surface area contributed by atoms with Crippen LogP contribution in [-0.2, 0) is 32.1 Å². The number of Topliss-reactive ketones (excluding diaryl/α,β-unsaturated/α-hetero) is 2. The second-order valence-electron chi connectivity index (χ2n) is 10.2. The van der Waals surface area contributed by atoms with Crippen molar-refractivity contribution in [1.29, 1.82) is 0 Å². The van der Waals surface area contributed by atoms with Crippen LogP contribution in [0.3, 0.4) is 0 Å². The van der Waals surface area contributed by atoms with E-state index in [1.54, 1.807) is 29.2 Å². The van der Waals surface area contributed by atoms with Gasteiger partial charge in [-0.3, -0.25) is 24.0 Å². The lowest BCUT2D eigenvalue weighted by Crippen LogP contribution is -2.55. The number of hydrogen-bond acceptors (Lipinski definition) is 6. The Morgan fingerprint density at radius 2 is 1.64 bits per heavy atom. The SMILES string of the molecule is C=C/C=C(\C=C)c1ccc(CN2CCCCC(NC(=O)C(Cc3ccc(C(=O)C(C)=O)cc3)NC(=O)CN)C2=O)cc1. The zero-order valence-electron chi connectivity index (χ0n) is 23.9. The zero-order chi connectivity index (χ0) is 30.6. The summed E-state index contributed by atoms with van der Waals surface area (Å²) in [4.78, 5) is 64.1. The van der Waals surface area contributed by atoms with E-state index in [9.17, 15) is 24.0 Å². The van der Waals surface area contributed by atoms with Crippen molar-refractivity contribution in [3.05, 3.63) is 102 Å². The van der Waals surface area contributed by atoms with Crippen LogP contribution in [-0.4, -0.2) is 59.4 Å². The molecule has 1 heterocycles. The number of likely N-dealkylation sites (tertiary alicyclic amines) is 1. The van der Waals surface area contributed by atoms with E-state index in [0.717, 1.165) is 29.5 Å². The fourth-order valence-corrected chi connectivity index (χ4v) is 4.79. The summed E-state index contributed by atoms with van der Waals surface area (Å²) in [6.07, 6.45) is 7.49. The molecule has 0 aromatic heterocycles. The van der Waals surface area contributed by atoms with Gasteiger partial charge >= 0.3 is 0 Å². The van der Waals surface area contributed by atoms with Crippen LogP contribution in [0.4, 0.5) is 0 Å². The van der Waals surface area contributed by atoms with Crippen molar-refractivity contribution in [3.63, 3.8) is 0 Å². The monoisotopic (exact) mass is 570 g/mol. The Hall–Kier alpha value is -4.63. The normalized spacial score (nSPS) is 16.1. The fraction of sp³-hybridized carbons (Fsp3) is 0.303. The summed E-state index contributed by atoms with van der Waals surface area (Å²) in [5.41, 5.74) is 9.28. The Labute approximate surface area is 246 Å². The summed E-state index contributed by atoms with van der Waals surface area (Å²) < 4.78 is 0. The second-order valence-corrected chi connectivity index (χ2v) is 10.2. The van der Waals surface area contributed by atoms with E-state index in [2.05, 4.69) is 23.8 Å². The molecule has 2 aromatic carbocycles. The van der Waals surface area contributed by atoms with Gasteiger partial charge in [0.2, 0.25) is 23.5 Å². The van der Waals surface area contributed by atoms with Gasteiger partial charge in [-0.1, -0.05) is 79.9 Å². The van der Waals surface area contributed by atoms with Gasteiger partial charge in [0.1, 0.15) is 12.1 Å². The van der Waals surface area contributed by atoms with Crippen LogP contribution in [0.1, 0.15) is 53.2 Å². The molecule has 4 N–H and O–H groups in total. The number of ketones is 2. The van der Waals surface area contributed by atoms with Crippen molar-refractivity contribution < 1.29 is 24.0 Å². The van der Waals surface area contributed by atoms with Gasteiger partial charge in [-0.2, -0.15) is 0 Å². The number of hydrogen-bond donors (Lipinski definition) is 3. The molecule has 2 atom stereocenters. The third-order valence-corrected chi connectivity index (χ3v) is 7.09. The molecule has 2 unspecified atom stereocenters. The van der Waals surface area contributed by atoms with Crippen LogP contribution in [0.15, 0.2) is 79.9 Å². The Morgan fingerprint density at radius 1 is 1.00 bits per heavy atom.